The van der Waals surface area contributed by atoms with Crippen LogP contribution in [0.4, 0.5) is 10.5 Å². The molecule has 0 unspecified atom stereocenters. The Bertz CT molecular complexity index is 935. The average molecular weight is 484 g/mol. The number of primary amides is 1. The molecule has 0 bridgehead atoms. The Morgan fingerprint density at radius 2 is 1.57 bits per heavy atom. The molecule has 2 aromatic carbocycles. The van der Waals surface area contributed by atoms with Crippen LogP contribution in [-0.4, -0.2) is 42.6 Å². The van der Waals surface area contributed by atoms with Gasteiger partial charge in [0.2, 0.25) is 11.8 Å². The minimum absolute atomic E-state index is 0.0486. The SMILES string of the molecule is CC(C)N[C@@H](Cc1ccccc1)C(=O)N[C@@H](CCCCN)C(=O)Nc1ccc(COC(N)=O)cc1. The first-order chi connectivity index (χ1) is 16.8. The van der Waals surface area contributed by atoms with E-state index >= 15 is 0 Å². The highest BCUT2D eigenvalue weighted by Gasteiger charge is 2.26. The summed E-state index contributed by atoms with van der Waals surface area (Å²) in [5, 5.41) is 9.11. The molecule has 35 heavy (non-hydrogen) atoms. The largest absolute Gasteiger partial charge is 0.445 e. The zero-order valence-electron chi connectivity index (χ0n) is 20.5. The standard InChI is InChI=1S/C26H37N5O4/c1-18(2)29-23(16-19-8-4-3-5-9-19)25(33)31-22(10-6-7-15-27)24(32)30-21-13-11-20(12-14-21)17-35-26(28)34/h3-5,8-9,11-14,18,22-23,29H,6-7,10,15-17,27H2,1-2H3,(H2,28,34)(H,30,32)(H,31,33)/t22-,23-/m0/s1. The van der Waals surface area contributed by atoms with E-state index in [4.69, 9.17) is 16.2 Å². The summed E-state index contributed by atoms with van der Waals surface area (Å²) in [5.74, 6) is -0.533. The third-order valence-corrected chi connectivity index (χ3v) is 5.32. The first-order valence-electron chi connectivity index (χ1n) is 11.9. The number of unbranched alkanes of at least 4 members (excludes halogenated alkanes) is 1. The van der Waals surface area contributed by atoms with Gasteiger partial charge in [-0.25, -0.2) is 4.79 Å². The predicted molar refractivity (Wildman–Crippen MR) is 136 cm³/mol. The molecule has 0 radical (unpaired) electrons. The molecule has 7 N–H and O–H groups in total. The van der Waals surface area contributed by atoms with E-state index in [1.165, 1.54) is 0 Å². The molecule has 9 nitrogen and oxygen atoms in total. The van der Waals surface area contributed by atoms with Gasteiger partial charge < -0.3 is 32.2 Å². The molecule has 0 heterocycles. The molecule has 9 heteroatoms. The zero-order chi connectivity index (χ0) is 25.6. The maximum Gasteiger partial charge on any atom is 0.404 e. The number of hydrogen-bond acceptors (Lipinski definition) is 6. The smallest absolute Gasteiger partial charge is 0.404 e. The van der Waals surface area contributed by atoms with Crippen molar-refractivity contribution in [1.82, 2.24) is 10.6 Å². The lowest BCUT2D eigenvalue weighted by molar-refractivity contribution is -0.128. The second-order valence-electron chi connectivity index (χ2n) is 8.70. The van der Waals surface area contributed by atoms with Crippen molar-refractivity contribution in [1.29, 1.82) is 0 Å². The number of nitrogens with one attached hydrogen (secondary N) is 3. The van der Waals surface area contributed by atoms with E-state index in [0.29, 0.717) is 31.5 Å². The van der Waals surface area contributed by atoms with Gasteiger partial charge in [0.1, 0.15) is 12.6 Å². The quantitative estimate of drug-likeness (QED) is 0.261. The van der Waals surface area contributed by atoms with Crippen molar-refractivity contribution in [3.05, 3.63) is 65.7 Å². The van der Waals surface area contributed by atoms with Crippen molar-refractivity contribution >= 4 is 23.6 Å². The maximum absolute atomic E-state index is 13.2. The lowest BCUT2D eigenvalue weighted by atomic mass is 10.0. The lowest BCUT2D eigenvalue weighted by Gasteiger charge is -2.25. The molecule has 0 spiro atoms. The Morgan fingerprint density at radius 3 is 2.17 bits per heavy atom. The summed E-state index contributed by atoms with van der Waals surface area (Å²) in [7, 11) is 0. The Kier molecular flexibility index (Phi) is 11.7. The van der Waals surface area contributed by atoms with Crippen LogP contribution in [0, 0.1) is 0 Å². The molecule has 0 aliphatic heterocycles. The van der Waals surface area contributed by atoms with Crippen molar-refractivity contribution in [3.63, 3.8) is 0 Å². The third-order valence-electron chi connectivity index (χ3n) is 5.32. The molecular formula is C26H37N5O4. The van der Waals surface area contributed by atoms with Crippen LogP contribution in [0.1, 0.15) is 44.2 Å². The highest BCUT2D eigenvalue weighted by molar-refractivity contribution is 5.97. The number of carbonyl (C=O) groups excluding carboxylic acids is 3. The molecular weight excluding hydrogens is 446 g/mol. The van der Waals surface area contributed by atoms with Crippen LogP contribution < -0.4 is 27.4 Å². The lowest BCUT2D eigenvalue weighted by Crippen LogP contribution is -2.53. The van der Waals surface area contributed by atoms with E-state index in [1.54, 1.807) is 24.3 Å². The number of hydrogen-bond donors (Lipinski definition) is 5. The number of nitrogens with two attached hydrogens (primary N) is 2. The number of amides is 3. The van der Waals surface area contributed by atoms with Gasteiger partial charge in [-0.15, -0.1) is 0 Å². The molecule has 0 aromatic heterocycles. The number of rotatable bonds is 14. The van der Waals surface area contributed by atoms with Gasteiger partial charge in [0.25, 0.3) is 0 Å². The maximum atomic E-state index is 13.2. The Hall–Kier alpha value is -3.43. The van der Waals surface area contributed by atoms with Crippen molar-refractivity contribution < 1.29 is 19.1 Å². The molecule has 0 fully saturated rings. The van der Waals surface area contributed by atoms with E-state index in [1.807, 2.05) is 44.2 Å². The highest BCUT2D eigenvalue weighted by atomic mass is 16.5. The summed E-state index contributed by atoms with van der Waals surface area (Å²) in [6, 6.07) is 15.5. The van der Waals surface area contributed by atoms with Gasteiger partial charge in [-0.05, 0) is 55.5 Å². The molecule has 0 saturated heterocycles. The van der Waals surface area contributed by atoms with E-state index in [2.05, 4.69) is 16.0 Å². The van der Waals surface area contributed by atoms with Crippen LogP contribution in [0.3, 0.4) is 0 Å². The van der Waals surface area contributed by atoms with E-state index in [9.17, 15) is 14.4 Å². The topological polar surface area (TPSA) is 149 Å². The molecule has 2 rings (SSSR count). The van der Waals surface area contributed by atoms with Crippen molar-refractivity contribution in [2.45, 2.75) is 64.3 Å². The molecule has 0 aliphatic carbocycles. The molecule has 190 valence electrons. The van der Waals surface area contributed by atoms with Crippen LogP contribution in [-0.2, 0) is 27.4 Å². The van der Waals surface area contributed by atoms with Crippen LogP contribution >= 0.6 is 0 Å². The zero-order valence-corrected chi connectivity index (χ0v) is 20.5. The number of carbonyl (C=O) groups is 3. The van der Waals surface area contributed by atoms with Gasteiger partial charge in [0, 0.05) is 11.7 Å². The van der Waals surface area contributed by atoms with E-state index in [0.717, 1.165) is 17.5 Å². The fourth-order valence-electron chi connectivity index (χ4n) is 3.58. The van der Waals surface area contributed by atoms with Crippen molar-refractivity contribution in [2.75, 3.05) is 11.9 Å². The van der Waals surface area contributed by atoms with Gasteiger partial charge in [0.05, 0.1) is 6.04 Å². The second-order valence-corrected chi connectivity index (χ2v) is 8.70. The summed E-state index contributed by atoms with van der Waals surface area (Å²) in [6.07, 6.45) is 1.59. The molecule has 3 amide bonds. The number of benzene rings is 2. The molecule has 2 atom stereocenters. The van der Waals surface area contributed by atoms with E-state index < -0.39 is 18.2 Å². The van der Waals surface area contributed by atoms with Crippen molar-refractivity contribution in [3.8, 4) is 0 Å². The summed E-state index contributed by atoms with van der Waals surface area (Å²) in [4.78, 5) is 37.1. The van der Waals surface area contributed by atoms with Gasteiger partial charge >= 0.3 is 6.09 Å². The van der Waals surface area contributed by atoms with Gasteiger partial charge in [-0.2, -0.15) is 0 Å². The molecule has 0 saturated carbocycles. The Balaban J connectivity index is 2.08. The number of ether oxygens (including phenoxy) is 1. The van der Waals surface area contributed by atoms with Gasteiger partial charge in [0.15, 0.2) is 0 Å². The third kappa shape index (κ3) is 10.6. The van der Waals surface area contributed by atoms with Gasteiger partial charge in [-0.3, -0.25) is 9.59 Å². The fourth-order valence-corrected chi connectivity index (χ4v) is 3.58. The normalized spacial score (nSPS) is 12.6. The molecule has 0 aliphatic rings. The van der Waals surface area contributed by atoms with Gasteiger partial charge in [-0.1, -0.05) is 56.3 Å². The fraction of sp³-hybridized carbons (Fsp3) is 0.423. The Morgan fingerprint density at radius 1 is 0.886 bits per heavy atom. The second kappa shape index (κ2) is 14.7. The summed E-state index contributed by atoms with van der Waals surface area (Å²) >= 11 is 0. The highest BCUT2D eigenvalue weighted by Crippen LogP contribution is 2.13. The van der Waals surface area contributed by atoms with Crippen molar-refractivity contribution in [2.24, 2.45) is 11.5 Å². The average Bonchev–Trinajstić information content (AvgIpc) is 2.83. The summed E-state index contributed by atoms with van der Waals surface area (Å²) < 4.78 is 4.77. The van der Waals surface area contributed by atoms with Crippen LogP contribution in [0.5, 0.6) is 0 Å². The predicted octanol–water partition coefficient (Wildman–Crippen LogP) is 2.44. The summed E-state index contributed by atoms with van der Waals surface area (Å²) in [6.45, 7) is 4.53. The van der Waals surface area contributed by atoms with Crippen LogP contribution in [0.2, 0.25) is 0 Å². The monoisotopic (exact) mass is 483 g/mol. The first kappa shape index (κ1) is 27.8. The van der Waals surface area contributed by atoms with Crippen LogP contribution in [0.15, 0.2) is 54.6 Å². The Labute approximate surface area is 207 Å². The van der Waals surface area contributed by atoms with Crippen LogP contribution in [0.25, 0.3) is 0 Å². The van der Waals surface area contributed by atoms with E-state index in [-0.39, 0.29) is 24.5 Å². The number of anilines is 1. The minimum atomic E-state index is -0.851. The summed E-state index contributed by atoms with van der Waals surface area (Å²) in [5.41, 5.74) is 12.9. The minimum Gasteiger partial charge on any atom is -0.445 e. The molecule has 2 aromatic rings. The first-order valence-corrected chi connectivity index (χ1v) is 11.9.